The van der Waals surface area contributed by atoms with E-state index in [0.717, 1.165) is 11.1 Å². The number of Topliss-reactive ketones (excluding diaryl/α,β-unsaturated/α-hetero) is 1. The summed E-state index contributed by atoms with van der Waals surface area (Å²) in [5, 5.41) is 0.600. The molecule has 0 atom stereocenters. The van der Waals surface area contributed by atoms with Gasteiger partial charge in [0.1, 0.15) is 12.4 Å². The molecule has 0 amide bonds. The van der Waals surface area contributed by atoms with Crippen molar-refractivity contribution in [2.45, 2.75) is 20.5 Å². The van der Waals surface area contributed by atoms with E-state index in [4.69, 9.17) is 16.3 Å². The SMILES string of the molecule is CC(=O)c1cccc(COc2ccc(C)cc2Cl)c1. The number of ether oxygens (including phenoxy) is 1. The molecule has 0 fully saturated rings. The number of hydrogen-bond donors (Lipinski definition) is 0. The Balaban J connectivity index is 2.10. The van der Waals surface area contributed by atoms with Crippen LogP contribution in [0.1, 0.15) is 28.4 Å². The second-order valence-corrected chi connectivity index (χ2v) is 4.89. The molecule has 0 bridgehead atoms. The first-order valence-electron chi connectivity index (χ1n) is 6.05. The molecule has 0 saturated carbocycles. The predicted molar refractivity (Wildman–Crippen MR) is 77.0 cm³/mol. The molecule has 2 nitrogen and oxygen atoms in total. The number of hydrogen-bond acceptors (Lipinski definition) is 2. The maximum atomic E-state index is 11.3. The molecule has 2 aromatic rings. The molecule has 0 spiro atoms. The van der Waals surface area contributed by atoms with E-state index < -0.39 is 0 Å². The van der Waals surface area contributed by atoms with E-state index in [1.54, 1.807) is 13.0 Å². The van der Waals surface area contributed by atoms with Crippen LogP contribution in [0.2, 0.25) is 5.02 Å². The van der Waals surface area contributed by atoms with Crippen LogP contribution in [0.5, 0.6) is 5.75 Å². The minimum Gasteiger partial charge on any atom is -0.487 e. The Morgan fingerprint density at radius 1 is 1.21 bits per heavy atom. The molecule has 0 radical (unpaired) electrons. The van der Waals surface area contributed by atoms with Crippen molar-refractivity contribution in [1.82, 2.24) is 0 Å². The van der Waals surface area contributed by atoms with Gasteiger partial charge in [0.15, 0.2) is 5.78 Å². The summed E-state index contributed by atoms with van der Waals surface area (Å²) in [5.41, 5.74) is 2.73. The molecule has 0 N–H and O–H groups in total. The topological polar surface area (TPSA) is 26.3 Å². The van der Waals surface area contributed by atoms with Crippen LogP contribution in [0.4, 0.5) is 0 Å². The van der Waals surface area contributed by atoms with E-state index in [-0.39, 0.29) is 5.78 Å². The molecule has 0 saturated heterocycles. The van der Waals surface area contributed by atoms with Gasteiger partial charge < -0.3 is 4.74 Å². The molecule has 0 aliphatic carbocycles. The number of carbonyl (C=O) groups excluding carboxylic acids is 1. The highest BCUT2D eigenvalue weighted by atomic mass is 35.5. The molecule has 0 heterocycles. The normalized spacial score (nSPS) is 10.3. The van der Waals surface area contributed by atoms with E-state index in [1.807, 2.05) is 43.3 Å². The van der Waals surface area contributed by atoms with Gasteiger partial charge in [-0.2, -0.15) is 0 Å². The van der Waals surface area contributed by atoms with Gasteiger partial charge in [-0.1, -0.05) is 35.9 Å². The van der Waals surface area contributed by atoms with Crippen molar-refractivity contribution in [2.75, 3.05) is 0 Å². The zero-order valence-electron chi connectivity index (χ0n) is 10.9. The molecule has 2 rings (SSSR count). The largest absolute Gasteiger partial charge is 0.487 e. The zero-order chi connectivity index (χ0) is 13.8. The summed E-state index contributed by atoms with van der Waals surface area (Å²) in [5.74, 6) is 0.704. The first kappa shape index (κ1) is 13.6. The van der Waals surface area contributed by atoms with Gasteiger partial charge in [0.2, 0.25) is 0 Å². The monoisotopic (exact) mass is 274 g/mol. The molecule has 2 aromatic carbocycles. The number of aryl methyl sites for hydroxylation is 1. The standard InChI is InChI=1S/C16H15ClO2/c1-11-6-7-16(15(17)8-11)19-10-13-4-3-5-14(9-13)12(2)18/h3-9H,10H2,1-2H3. The van der Waals surface area contributed by atoms with Crippen LogP contribution in [0.3, 0.4) is 0 Å². The molecular formula is C16H15ClO2. The fourth-order valence-corrected chi connectivity index (χ4v) is 2.05. The molecule has 3 heteroatoms. The van der Waals surface area contributed by atoms with E-state index in [0.29, 0.717) is 22.9 Å². The Hall–Kier alpha value is -1.80. The Kier molecular flexibility index (Phi) is 4.23. The minimum atomic E-state index is 0.0511. The summed E-state index contributed by atoms with van der Waals surface area (Å²) in [7, 11) is 0. The Bertz CT molecular complexity index is 605. The summed E-state index contributed by atoms with van der Waals surface area (Å²) in [6.07, 6.45) is 0. The predicted octanol–water partition coefficient (Wildman–Crippen LogP) is 4.43. The molecule has 0 aliphatic rings. The third-order valence-corrected chi connectivity index (χ3v) is 3.11. The first-order chi connectivity index (χ1) is 9.06. The van der Waals surface area contributed by atoms with Gasteiger partial charge in [0.05, 0.1) is 5.02 Å². The van der Waals surface area contributed by atoms with Crippen LogP contribution in [0.15, 0.2) is 42.5 Å². The summed E-state index contributed by atoms with van der Waals surface area (Å²) in [6.45, 7) is 3.92. The molecule has 19 heavy (non-hydrogen) atoms. The number of ketones is 1. The second kappa shape index (κ2) is 5.89. The second-order valence-electron chi connectivity index (χ2n) is 4.48. The quantitative estimate of drug-likeness (QED) is 0.771. The van der Waals surface area contributed by atoms with Gasteiger partial charge >= 0.3 is 0 Å². The summed E-state index contributed by atoms with van der Waals surface area (Å²) < 4.78 is 5.67. The van der Waals surface area contributed by atoms with Crippen LogP contribution in [0.25, 0.3) is 0 Å². The average molecular weight is 275 g/mol. The van der Waals surface area contributed by atoms with E-state index in [1.165, 1.54) is 0 Å². The van der Waals surface area contributed by atoms with Gasteiger partial charge in [-0.25, -0.2) is 0 Å². The lowest BCUT2D eigenvalue weighted by Crippen LogP contribution is -1.99. The minimum absolute atomic E-state index is 0.0511. The number of rotatable bonds is 4. The third-order valence-electron chi connectivity index (χ3n) is 2.82. The average Bonchev–Trinajstić information content (AvgIpc) is 2.38. The first-order valence-corrected chi connectivity index (χ1v) is 6.43. The van der Waals surface area contributed by atoms with Crippen molar-refractivity contribution in [3.05, 3.63) is 64.2 Å². The highest BCUT2D eigenvalue weighted by molar-refractivity contribution is 6.32. The van der Waals surface area contributed by atoms with Gasteiger partial charge in [-0.15, -0.1) is 0 Å². The van der Waals surface area contributed by atoms with Crippen LogP contribution in [-0.4, -0.2) is 5.78 Å². The summed E-state index contributed by atoms with van der Waals surface area (Å²) in [4.78, 5) is 11.3. The fraction of sp³-hybridized carbons (Fsp3) is 0.188. The summed E-state index contributed by atoms with van der Waals surface area (Å²) in [6, 6.07) is 13.1. The van der Waals surface area contributed by atoms with Crippen molar-refractivity contribution in [3.8, 4) is 5.75 Å². The number of halogens is 1. The lowest BCUT2D eigenvalue weighted by Gasteiger charge is -2.09. The number of benzene rings is 2. The lowest BCUT2D eigenvalue weighted by atomic mass is 10.1. The summed E-state index contributed by atoms with van der Waals surface area (Å²) >= 11 is 6.10. The smallest absolute Gasteiger partial charge is 0.159 e. The van der Waals surface area contributed by atoms with Gasteiger partial charge in [0, 0.05) is 5.56 Å². The molecule has 98 valence electrons. The van der Waals surface area contributed by atoms with Gasteiger partial charge in [-0.05, 0) is 43.2 Å². The van der Waals surface area contributed by atoms with Crippen molar-refractivity contribution in [1.29, 1.82) is 0 Å². The van der Waals surface area contributed by atoms with Crippen LogP contribution < -0.4 is 4.74 Å². The maximum Gasteiger partial charge on any atom is 0.159 e. The van der Waals surface area contributed by atoms with E-state index >= 15 is 0 Å². The van der Waals surface area contributed by atoms with Crippen molar-refractivity contribution in [3.63, 3.8) is 0 Å². The molecule has 0 aliphatic heterocycles. The highest BCUT2D eigenvalue weighted by Gasteiger charge is 2.04. The highest BCUT2D eigenvalue weighted by Crippen LogP contribution is 2.26. The molecule has 0 unspecified atom stereocenters. The Labute approximate surface area is 118 Å². The van der Waals surface area contributed by atoms with Crippen molar-refractivity contribution >= 4 is 17.4 Å². The maximum absolute atomic E-state index is 11.3. The van der Waals surface area contributed by atoms with Crippen molar-refractivity contribution < 1.29 is 9.53 Å². The van der Waals surface area contributed by atoms with Crippen LogP contribution in [0, 0.1) is 6.92 Å². The van der Waals surface area contributed by atoms with Crippen molar-refractivity contribution in [2.24, 2.45) is 0 Å². The zero-order valence-corrected chi connectivity index (χ0v) is 11.7. The third kappa shape index (κ3) is 3.58. The van der Waals surface area contributed by atoms with Crippen LogP contribution >= 0.6 is 11.6 Å². The van der Waals surface area contributed by atoms with Gasteiger partial charge in [-0.3, -0.25) is 4.79 Å². The number of carbonyl (C=O) groups is 1. The van der Waals surface area contributed by atoms with E-state index in [9.17, 15) is 4.79 Å². The van der Waals surface area contributed by atoms with E-state index in [2.05, 4.69) is 0 Å². The lowest BCUT2D eigenvalue weighted by molar-refractivity contribution is 0.101. The molecule has 0 aromatic heterocycles. The fourth-order valence-electron chi connectivity index (χ4n) is 1.76. The Morgan fingerprint density at radius 2 is 2.00 bits per heavy atom. The van der Waals surface area contributed by atoms with Crippen LogP contribution in [-0.2, 0) is 6.61 Å². The molecular weight excluding hydrogens is 260 g/mol. The van der Waals surface area contributed by atoms with Gasteiger partial charge in [0.25, 0.3) is 0 Å². The Morgan fingerprint density at radius 3 is 2.68 bits per heavy atom.